The molecule has 0 radical (unpaired) electrons. The van der Waals surface area contributed by atoms with Gasteiger partial charge in [-0.3, -0.25) is 0 Å². The Balaban J connectivity index is 1.36. The zero-order valence-electron chi connectivity index (χ0n) is 19.8. The van der Waals surface area contributed by atoms with Crippen LogP contribution < -0.4 is 0 Å². The average Bonchev–Trinajstić information content (AvgIpc) is 3.45. The third kappa shape index (κ3) is 3.13. The Morgan fingerprint density at radius 1 is 0.486 bits per heavy atom. The summed E-state index contributed by atoms with van der Waals surface area (Å²) in [5.41, 5.74) is 7.56. The summed E-state index contributed by atoms with van der Waals surface area (Å²) in [5, 5.41) is 7.82. The van der Waals surface area contributed by atoms with Gasteiger partial charge in [-0.2, -0.15) is 0 Å². The first-order chi connectivity index (χ1) is 18.2. The molecule has 0 atom stereocenters. The Morgan fingerprint density at radius 2 is 1.19 bits per heavy atom. The van der Waals surface area contributed by atoms with Crippen molar-refractivity contribution in [1.82, 2.24) is 4.57 Å². The maximum absolute atomic E-state index is 6.44. The number of halogens is 1. The highest BCUT2D eigenvalue weighted by molar-refractivity contribution is 6.31. The minimum atomic E-state index is 0.734. The lowest BCUT2D eigenvalue weighted by atomic mass is 10.00. The van der Waals surface area contributed by atoms with Crippen LogP contribution in [0.3, 0.4) is 0 Å². The predicted molar refractivity (Wildman–Crippen MR) is 156 cm³/mol. The summed E-state index contributed by atoms with van der Waals surface area (Å²) in [6.45, 7) is 0. The van der Waals surface area contributed by atoms with E-state index in [4.69, 9.17) is 16.0 Å². The Hall–Kier alpha value is -4.53. The van der Waals surface area contributed by atoms with Gasteiger partial charge >= 0.3 is 0 Å². The van der Waals surface area contributed by atoms with Crippen molar-refractivity contribution in [2.45, 2.75) is 0 Å². The first kappa shape index (κ1) is 20.6. The summed E-state index contributed by atoms with van der Waals surface area (Å²) in [7, 11) is 0. The fourth-order valence-electron chi connectivity index (χ4n) is 5.67. The van der Waals surface area contributed by atoms with Crippen LogP contribution in [0.15, 0.2) is 126 Å². The van der Waals surface area contributed by atoms with Gasteiger partial charge in [-0.15, -0.1) is 0 Å². The molecule has 0 aliphatic rings. The molecular formula is C34H20ClNO. The van der Waals surface area contributed by atoms with E-state index in [1.807, 2.05) is 12.1 Å². The van der Waals surface area contributed by atoms with Crippen LogP contribution in [0.4, 0.5) is 0 Å². The molecule has 2 aromatic heterocycles. The summed E-state index contributed by atoms with van der Waals surface area (Å²) >= 11 is 6.44. The minimum absolute atomic E-state index is 0.734. The Bertz CT molecular complexity index is 2150. The number of benzene rings is 6. The minimum Gasteiger partial charge on any atom is -0.456 e. The van der Waals surface area contributed by atoms with Crippen LogP contribution in [0.2, 0.25) is 5.02 Å². The number of hydrogen-bond acceptors (Lipinski definition) is 1. The van der Waals surface area contributed by atoms with Crippen LogP contribution in [0.25, 0.3) is 71.3 Å². The molecule has 0 unspecified atom stereocenters. The zero-order valence-corrected chi connectivity index (χ0v) is 20.5. The summed E-state index contributed by atoms with van der Waals surface area (Å²) in [4.78, 5) is 0. The Morgan fingerprint density at radius 3 is 2.03 bits per heavy atom. The molecule has 8 rings (SSSR count). The second-order valence-electron chi connectivity index (χ2n) is 9.57. The van der Waals surface area contributed by atoms with E-state index in [1.165, 1.54) is 32.7 Å². The third-order valence-electron chi connectivity index (χ3n) is 7.41. The van der Waals surface area contributed by atoms with Crippen LogP contribution in [-0.2, 0) is 0 Å². The predicted octanol–water partition coefficient (Wildman–Crippen LogP) is 10.2. The first-order valence-electron chi connectivity index (χ1n) is 12.4. The lowest BCUT2D eigenvalue weighted by Crippen LogP contribution is -1.93. The van der Waals surface area contributed by atoms with E-state index in [0.717, 1.165) is 43.7 Å². The molecule has 3 heteroatoms. The smallest absolute Gasteiger partial charge is 0.136 e. The summed E-state index contributed by atoms with van der Waals surface area (Å²) in [6.07, 6.45) is 0. The third-order valence-corrected chi connectivity index (χ3v) is 7.65. The van der Waals surface area contributed by atoms with Crippen molar-refractivity contribution in [3.05, 3.63) is 126 Å². The van der Waals surface area contributed by atoms with Crippen LogP contribution in [-0.4, -0.2) is 4.57 Å². The van der Waals surface area contributed by atoms with E-state index in [9.17, 15) is 0 Å². The molecule has 0 aliphatic carbocycles. The number of furan rings is 1. The van der Waals surface area contributed by atoms with Crippen molar-refractivity contribution in [3.63, 3.8) is 0 Å². The van der Waals surface area contributed by atoms with E-state index in [-0.39, 0.29) is 0 Å². The van der Waals surface area contributed by atoms with Crippen molar-refractivity contribution in [1.29, 1.82) is 0 Å². The molecule has 8 aromatic rings. The quantitative estimate of drug-likeness (QED) is 0.234. The van der Waals surface area contributed by atoms with Gasteiger partial charge in [0.2, 0.25) is 0 Å². The highest BCUT2D eigenvalue weighted by Gasteiger charge is 2.15. The molecule has 0 amide bonds. The van der Waals surface area contributed by atoms with Gasteiger partial charge < -0.3 is 8.98 Å². The molecular weight excluding hydrogens is 474 g/mol. The standard InChI is InChI=1S/C34H20ClNO/c35-25-12-13-27-28-16-23(10-14-31(28)36(32(27)20-25)26-8-2-1-3-9-26)24-11-15-33-29(18-24)30-17-21-6-4-5-7-22(21)19-34(30)37-33/h1-20H. The van der Waals surface area contributed by atoms with Crippen LogP contribution in [0.1, 0.15) is 0 Å². The topological polar surface area (TPSA) is 18.1 Å². The number of rotatable bonds is 2. The van der Waals surface area contributed by atoms with E-state index in [1.54, 1.807) is 0 Å². The van der Waals surface area contributed by atoms with Crippen LogP contribution in [0, 0.1) is 0 Å². The van der Waals surface area contributed by atoms with Crippen LogP contribution in [0.5, 0.6) is 0 Å². The monoisotopic (exact) mass is 493 g/mol. The van der Waals surface area contributed by atoms with Gasteiger partial charge in [0.15, 0.2) is 0 Å². The van der Waals surface area contributed by atoms with Gasteiger partial charge in [0.05, 0.1) is 11.0 Å². The van der Waals surface area contributed by atoms with Gasteiger partial charge in [0, 0.05) is 32.3 Å². The number of hydrogen-bond donors (Lipinski definition) is 0. The molecule has 0 saturated carbocycles. The second-order valence-corrected chi connectivity index (χ2v) is 10.0. The summed E-state index contributed by atoms with van der Waals surface area (Å²) in [6, 6.07) is 42.6. The normalized spacial score (nSPS) is 11.9. The highest BCUT2D eigenvalue weighted by Crippen LogP contribution is 2.38. The number of para-hydroxylation sites is 1. The molecule has 2 nitrogen and oxygen atoms in total. The maximum Gasteiger partial charge on any atom is 0.136 e. The van der Waals surface area contributed by atoms with Crippen molar-refractivity contribution in [2.75, 3.05) is 0 Å². The summed E-state index contributed by atoms with van der Waals surface area (Å²) < 4.78 is 8.52. The molecule has 0 fully saturated rings. The molecule has 0 aliphatic heterocycles. The fourth-order valence-corrected chi connectivity index (χ4v) is 5.84. The van der Waals surface area contributed by atoms with E-state index < -0.39 is 0 Å². The maximum atomic E-state index is 6.44. The van der Waals surface area contributed by atoms with Crippen molar-refractivity contribution in [3.8, 4) is 16.8 Å². The van der Waals surface area contributed by atoms with Gasteiger partial charge in [-0.25, -0.2) is 0 Å². The zero-order chi connectivity index (χ0) is 24.5. The summed E-state index contributed by atoms with van der Waals surface area (Å²) in [5.74, 6) is 0. The van der Waals surface area contributed by atoms with Crippen molar-refractivity contribution < 1.29 is 4.42 Å². The molecule has 0 N–H and O–H groups in total. The lowest BCUT2D eigenvalue weighted by molar-refractivity contribution is 0.669. The molecule has 0 saturated heterocycles. The molecule has 2 heterocycles. The largest absolute Gasteiger partial charge is 0.456 e. The molecule has 6 aromatic carbocycles. The van der Waals surface area contributed by atoms with Gasteiger partial charge in [0.25, 0.3) is 0 Å². The van der Waals surface area contributed by atoms with E-state index >= 15 is 0 Å². The van der Waals surface area contributed by atoms with E-state index in [0.29, 0.717) is 0 Å². The fraction of sp³-hybridized carbons (Fsp3) is 0. The average molecular weight is 494 g/mol. The molecule has 174 valence electrons. The van der Waals surface area contributed by atoms with Crippen molar-refractivity contribution in [2.24, 2.45) is 0 Å². The van der Waals surface area contributed by atoms with E-state index in [2.05, 4.69) is 114 Å². The molecule has 0 bridgehead atoms. The van der Waals surface area contributed by atoms with Gasteiger partial charge in [-0.1, -0.05) is 72.3 Å². The lowest BCUT2D eigenvalue weighted by Gasteiger charge is -2.08. The van der Waals surface area contributed by atoms with Crippen molar-refractivity contribution >= 4 is 66.1 Å². The number of nitrogens with zero attached hydrogens (tertiary/aromatic N) is 1. The number of aromatic nitrogens is 1. The Kier molecular flexibility index (Phi) is 4.31. The van der Waals surface area contributed by atoms with Gasteiger partial charge in [0.1, 0.15) is 11.2 Å². The number of fused-ring (bicyclic) bond motifs is 7. The molecule has 37 heavy (non-hydrogen) atoms. The highest BCUT2D eigenvalue weighted by atomic mass is 35.5. The van der Waals surface area contributed by atoms with Gasteiger partial charge in [-0.05, 0) is 82.6 Å². The second kappa shape index (κ2) is 7.73. The molecule has 0 spiro atoms. The van der Waals surface area contributed by atoms with Crippen LogP contribution >= 0.6 is 11.6 Å². The Labute approximate surface area is 217 Å². The SMILES string of the molecule is Clc1ccc2c3cc(-c4ccc5oc6cc7ccccc7cc6c5c4)ccc3n(-c3ccccc3)c2c1. The first-order valence-corrected chi connectivity index (χ1v) is 12.8.